The van der Waals surface area contributed by atoms with Gasteiger partial charge in [-0.15, -0.1) is 11.3 Å². The molecule has 2 atom stereocenters. The van der Waals surface area contributed by atoms with Crippen molar-refractivity contribution in [3.05, 3.63) is 16.6 Å². The fourth-order valence-electron chi connectivity index (χ4n) is 1.73. The molecule has 78 valence electrons. The van der Waals surface area contributed by atoms with E-state index in [1.165, 1.54) is 11.3 Å². The first-order valence-electron chi connectivity index (χ1n) is 4.42. The lowest BCUT2D eigenvalue weighted by Crippen LogP contribution is -2.22. The molecule has 14 heavy (non-hydrogen) atoms. The number of nitrogens with zero attached hydrogens (tertiary/aromatic N) is 1. The second-order valence-electron chi connectivity index (χ2n) is 3.60. The maximum atomic E-state index is 11.2. The number of hydrogen-bond acceptors (Lipinski definition) is 5. The Morgan fingerprint density at radius 3 is 2.93 bits per heavy atom. The summed E-state index contributed by atoms with van der Waals surface area (Å²) in [5.41, 5.74) is 8.48. The van der Waals surface area contributed by atoms with Gasteiger partial charge in [0.2, 0.25) is 0 Å². The van der Waals surface area contributed by atoms with Gasteiger partial charge in [-0.05, 0) is 12.3 Å². The first-order valence-corrected chi connectivity index (χ1v) is 7.19. The summed E-state index contributed by atoms with van der Waals surface area (Å²) < 4.78 is 22.5. The van der Waals surface area contributed by atoms with Crippen LogP contribution < -0.4 is 5.73 Å². The van der Waals surface area contributed by atoms with Gasteiger partial charge in [-0.1, -0.05) is 0 Å². The summed E-state index contributed by atoms with van der Waals surface area (Å²) in [6, 6.07) is -0.224. The van der Waals surface area contributed by atoms with Crippen LogP contribution in [0.1, 0.15) is 18.2 Å². The SMILES string of the molecule is NC(c1cscn1)C1CCS(=O)(=O)C1. The monoisotopic (exact) mass is 232 g/mol. The minimum absolute atomic E-state index is 0.0436. The molecule has 2 rings (SSSR count). The van der Waals surface area contributed by atoms with Gasteiger partial charge in [-0.25, -0.2) is 13.4 Å². The molecule has 1 aromatic heterocycles. The Balaban J connectivity index is 2.11. The zero-order valence-electron chi connectivity index (χ0n) is 7.59. The molecule has 0 amide bonds. The predicted molar refractivity (Wildman–Crippen MR) is 55.8 cm³/mol. The van der Waals surface area contributed by atoms with E-state index in [0.717, 1.165) is 5.69 Å². The van der Waals surface area contributed by atoms with Crippen LogP contribution in [-0.4, -0.2) is 24.9 Å². The van der Waals surface area contributed by atoms with Gasteiger partial charge in [-0.3, -0.25) is 0 Å². The van der Waals surface area contributed by atoms with Gasteiger partial charge >= 0.3 is 0 Å². The van der Waals surface area contributed by atoms with E-state index in [9.17, 15) is 8.42 Å². The molecule has 4 nitrogen and oxygen atoms in total. The largest absolute Gasteiger partial charge is 0.322 e. The maximum Gasteiger partial charge on any atom is 0.150 e. The summed E-state index contributed by atoms with van der Waals surface area (Å²) in [7, 11) is -2.84. The van der Waals surface area contributed by atoms with Gasteiger partial charge in [0.25, 0.3) is 0 Å². The third-order valence-corrected chi connectivity index (χ3v) is 4.97. The van der Waals surface area contributed by atoms with Crippen LogP contribution in [0.2, 0.25) is 0 Å². The molecule has 0 aliphatic carbocycles. The van der Waals surface area contributed by atoms with Crippen LogP contribution in [0.25, 0.3) is 0 Å². The van der Waals surface area contributed by atoms with Crippen molar-refractivity contribution in [1.82, 2.24) is 4.98 Å². The van der Waals surface area contributed by atoms with Crippen LogP contribution in [0.5, 0.6) is 0 Å². The van der Waals surface area contributed by atoms with E-state index in [2.05, 4.69) is 4.98 Å². The minimum Gasteiger partial charge on any atom is -0.322 e. The molecule has 2 N–H and O–H groups in total. The Bertz CT molecular complexity index is 399. The summed E-state index contributed by atoms with van der Waals surface area (Å²) in [6.45, 7) is 0. The normalized spacial score (nSPS) is 27.6. The second kappa shape index (κ2) is 3.60. The second-order valence-corrected chi connectivity index (χ2v) is 6.55. The predicted octanol–water partition coefficient (Wildman–Crippen LogP) is 0.578. The van der Waals surface area contributed by atoms with Crippen LogP contribution >= 0.6 is 11.3 Å². The highest BCUT2D eigenvalue weighted by Gasteiger charge is 2.33. The molecule has 2 unspecified atom stereocenters. The topological polar surface area (TPSA) is 73.0 Å². The zero-order valence-corrected chi connectivity index (χ0v) is 9.22. The van der Waals surface area contributed by atoms with Crippen molar-refractivity contribution in [2.45, 2.75) is 12.5 Å². The Morgan fingerprint density at radius 1 is 1.64 bits per heavy atom. The van der Waals surface area contributed by atoms with E-state index >= 15 is 0 Å². The highest BCUT2D eigenvalue weighted by atomic mass is 32.2. The van der Waals surface area contributed by atoms with Gasteiger partial charge in [0.15, 0.2) is 9.84 Å². The molecule has 2 heterocycles. The highest BCUT2D eigenvalue weighted by molar-refractivity contribution is 7.91. The van der Waals surface area contributed by atoms with Crippen LogP contribution in [0.3, 0.4) is 0 Å². The van der Waals surface area contributed by atoms with Crippen molar-refractivity contribution >= 4 is 21.2 Å². The van der Waals surface area contributed by atoms with Gasteiger partial charge in [0.1, 0.15) is 0 Å². The average molecular weight is 232 g/mol. The van der Waals surface area contributed by atoms with Crippen molar-refractivity contribution in [1.29, 1.82) is 0 Å². The Kier molecular flexibility index (Phi) is 2.59. The molecule has 0 aromatic carbocycles. The van der Waals surface area contributed by atoms with Crippen molar-refractivity contribution in [3.8, 4) is 0 Å². The third kappa shape index (κ3) is 1.97. The van der Waals surface area contributed by atoms with Crippen molar-refractivity contribution < 1.29 is 8.42 Å². The van der Waals surface area contributed by atoms with E-state index in [-0.39, 0.29) is 23.5 Å². The van der Waals surface area contributed by atoms with E-state index < -0.39 is 9.84 Å². The van der Waals surface area contributed by atoms with E-state index in [1.54, 1.807) is 5.51 Å². The zero-order chi connectivity index (χ0) is 10.2. The van der Waals surface area contributed by atoms with Gasteiger partial charge in [-0.2, -0.15) is 0 Å². The number of hydrogen-bond donors (Lipinski definition) is 1. The van der Waals surface area contributed by atoms with Crippen LogP contribution in [0.15, 0.2) is 10.9 Å². The molecule has 0 bridgehead atoms. The van der Waals surface area contributed by atoms with Gasteiger partial charge in [0, 0.05) is 5.38 Å². The number of thiazole rings is 1. The Morgan fingerprint density at radius 2 is 2.43 bits per heavy atom. The van der Waals surface area contributed by atoms with Crippen molar-refractivity contribution in [2.75, 3.05) is 11.5 Å². The Labute approximate surface area is 87.1 Å². The molecular weight excluding hydrogens is 220 g/mol. The lowest BCUT2D eigenvalue weighted by atomic mass is 9.98. The number of sulfone groups is 1. The number of aromatic nitrogens is 1. The average Bonchev–Trinajstić information content (AvgIpc) is 2.72. The van der Waals surface area contributed by atoms with Gasteiger partial charge in [0.05, 0.1) is 28.8 Å². The van der Waals surface area contributed by atoms with E-state index in [4.69, 9.17) is 5.73 Å². The summed E-state index contributed by atoms with van der Waals surface area (Å²) >= 11 is 1.49. The number of nitrogens with two attached hydrogens (primary N) is 1. The molecule has 1 aliphatic heterocycles. The summed E-state index contributed by atoms with van der Waals surface area (Å²) in [5, 5.41) is 1.88. The standard InChI is InChI=1S/C8H12N2O2S2/c9-8(7-3-13-5-10-7)6-1-2-14(11,12)4-6/h3,5-6,8H,1-2,4,9H2. The first-order chi connectivity index (χ1) is 6.58. The van der Waals surface area contributed by atoms with E-state index in [0.29, 0.717) is 6.42 Å². The van der Waals surface area contributed by atoms with Crippen LogP contribution in [0, 0.1) is 5.92 Å². The lowest BCUT2D eigenvalue weighted by molar-refractivity contribution is 0.472. The maximum absolute atomic E-state index is 11.2. The van der Waals surface area contributed by atoms with Crippen LogP contribution in [-0.2, 0) is 9.84 Å². The third-order valence-electron chi connectivity index (χ3n) is 2.57. The lowest BCUT2D eigenvalue weighted by Gasteiger charge is -2.14. The van der Waals surface area contributed by atoms with Crippen LogP contribution in [0.4, 0.5) is 0 Å². The van der Waals surface area contributed by atoms with E-state index in [1.807, 2.05) is 5.38 Å². The quantitative estimate of drug-likeness (QED) is 0.809. The van der Waals surface area contributed by atoms with Gasteiger partial charge < -0.3 is 5.73 Å². The molecule has 1 fully saturated rings. The molecule has 0 saturated carbocycles. The molecule has 1 saturated heterocycles. The summed E-state index contributed by atoms with van der Waals surface area (Å²) in [5.74, 6) is 0.531. The fraction of sp³-hybridized carbons (Fsp3) is 0.625. The molecule has 1 aliphatic rings. The molecule has 0 spiro atoms. The number of rotatable bonds is 2. The molecule has 1 aromatic rings. The van der Waals surface area contributed by atoms with Crippen molar-refractivity contribution in [3.63, 3.8) is 0 Å². The van der Waals surface area contributed by atoms with Crippen molar-refractivity contribution in [2.24, 2.45) is 11.7 Å². The molecular formula is C8H12N2O2S2. The first kappa shape index (κ1) is 10.1. The fourth-order valence-corrected chi connectivity index (χ4v) is 4.19. The molecule has 0 radical (unpaired) electrons. The summed E-state index contributed by atoms with van der Waals surface area (Å²) in [6.07, 6.45) is 0.668. The Hall–Kier alpha value is -0.460. The highest BCUT2D eigenvalue weighted by Crippen LogP contribution is 2.29. The minimum atomic E-state index is -2.84. The smallest absolute Gasteiger partial charge is 0.150 e. The molecule has 6 heteroatoms. The summed E-state index contributed by atoms with van der Waals surface area (Å²) in [4.78, 5) is 4.11.